The molecule has 2 amide bonds. The fourth-order valence-corrected chi connectivity index (χ4v) is 5.99. The van der Waals surface area contributed by atoms with E-state index in [1.54, 1.807) is 31.2 Å². The lowest BCUT2D eigenvalue weighted by Gasteiger charge is -2.32. The Morgan fingerprint density at radius 3 is 2.26 bits per heavy atom. The first-order chi connectivity index (χ1) is 18.5. The molecule has 0 fully saturated rings. The van der Waals surface area contributed by atoms with Crippen LogP contribution in [-0.4, -0.2) is 44.3 Å². The van der Waals surface area contributed by atoms with Crippen molar-refractivity contribution in [3.63, 3.8) is 0 Å². The Bertz CT molecular complexity index is 1380. The molecule has 1 N–H and O–H groups in total. The molecule has 0 spiro atoms. The Morgan fingerprint density at radius 2 is 1.64 bits per heavy atom. The van der Waals surface area contributed by atoms with Crippen molar-refractivity contribution < 1.29 is 18.0 Å². The van der Waals surface area contributed by atoms with Crippen molar-refractivity contribution in [2.75, 3.05) is 17.4 Å². The largest absolute Gasteiger partial charge is 0.354 e. The fraction of sp³-hybridized carbons (Fsp3) is 0.333. The number of rotatable bonds is 12. The summed E-state index contributed by atoms with van der Waals surface area (Å²) >= 11 is 3.42. The van der Waals surface area contributed by atoms with Crippen LogP contribution in [0.2, 0.25) is 0 Å². The highest BCUT2D eigenvalue weighted by Crippen LogP contribution is 2.28. The van der Waals surface area contributed by atoms with Gasteiger partial charge in [-0.25, -0.2) is 8.42 Å². The number of nitrogens with one attached hydrogen (secondary N) is 1. The van der Waals surface area contributed by atoms with Crippen LogP contribution in [0.15, 0.2) is 82.2 Å². The number of hydrogen-bond donors (Lipinski definition) is 1. The van der Waals surface area contributed by atoms with Crippen molar-refractivity contribution in [3.05, 3.63) is 94.0 Å². The topological polar surface area (TPSA) is 86.8 Å². The molecule has 3 aromatic rings. The highest BCUT2D eigenvalue weighted by Gasteiger charge is 2.33. The number of nitrogens with zero attached hydrogens (tertiary/aromatic N) is 2. The van der Waals surface area contributed by atoms with E-state index in [0.29, 0.717) is 12.2 Å². The van der Waals surface area contributed by atoms with Crippen LogP contribution in [0.1, 0.15) is 43.4 Å². The van der Waals surface area contributed by atoms with Gasteiger partial charge in [-0.2, -0.15) is 0 Å². The highest BCUT2D eigenvalue weighted by molar-refractivity contribution is 9.10. The molecule has 0 aliphatic heterocycles. The SMILES string of the molecule is CCCCNC(=O)[C@@H](C)N(Cc1ccc(Br)cc1)C(=O)CN(c1ccc(C)cc1C)S(=O)(=O)c1ccccc1. The van der Waals surface area contributed by atoms with Crippen LogP contribution in [0.25, 0.3) is 0 Å². The first-order valence-electron chi connectivity index (χ1n) is 13.0. The molecule has 0 aliphatic carbocycles. The zero-order valence-electron chi connectivity index (χ0n) is 22.9. The molecule has 0 bridgehead atoms. The van der Waals surface area contributed by atoms with Gasteiger partial charge in [0.2, 0.25) is 11.8 Å². The van der Waals surface area contributed by atoms with Crippen molar-refractivity contribution in [1.82, 2.24) is 10.2 Å². The number of carbonyl (C=O) groups excluding carboxylic acids is 2. The molecule has 7 nitrogen and oxygen atoms in total. The van der Waals surface area contributed by atoms with Crippen LogP contribution in [0.5, 0.6) is 0 Å². The van der Waals surface area contributed by atoms with E-state index in [-0.39, 0.29) is 17.3 Å². The average Bonchev–Trinajstić information content (AvgIpc) is 2.91. The zero-order valence-corrected chi connectivity index (χ0v) is 25.3. The van der Waals surface area contributed by atoms with Crippen molar-refractivity contribution in [3.8, 4) is 0 Å². The van der Waals surface area contributed by atoms with E-state index < -0.39 is 28.5 Å². The number of hydrogen-bond acceptors (Lipinski definition) is 4. The molecule has 9 heteroatoms. The molecule has 3 rings (SSSR count). The van der Waals surface area contributed by atoms with E-state index >= 15 is 0 Å². The van der Waals surface area contributed by atoms with E-state index in [9.17, 15) is 18.0 Å². The normalized spacial score (nSPS) is 12.0. The molecule has 208 valence electrons. The van der Waals surface area contributed by atoms with Crippen LogP contribution in [0, 0.1) is 13.8 Å². The second-order valence-corrected chi connectivity index (χ2v) is 12.4. The van der Waals surface area contributed by atoms with Crippen molar-refractivity contribution in [1.29, 1.82) is 0 Å². The molecule has 0 aromatic heterocycles. The van der Waals surface area contributed by atoms with Crippen LogP contribution < -0.4 is 9.62 Å². The third kappa shape index (κ3) is 7.92. The third-order valence-electron chi connectivity index (χ3n) is 6.49. The summed E-state index contributed by atoms with van der Waals surface area (Å²) in [6.07, 6.45) is 1.76. The summed E-state index contributed by atoms with van der Waals surface area (Å²) in [6, 6.07) is 20.2. The lowest BCUT2D eigenvalue weighted by Crippen LogP contribution is -2.51. The fourth-order valence-electron chi connectivity index (χ4n) is 4.22. The van der Waals surface area contributed by atoms with Gasteiger partial charge in [0.15, 0.2) is 0 Å². The van der Waals surface area contributed by atoms with Crippen LogP contribution in [-0.2, 0) is 26.2 Å². The number of halogens is 1. The lowest BCUT2D eigenvalue weighted by molar-refractivity contribution is -0.139. The Kier molecular flexibility index (Phi) is 10.7. The maximum Gasteiger partial charge on any atom is 0.264 e. The Labute approximate surface area is 240 Å². The molecule has 0 unspecified atom stereocenters. The predicted molar refractivity (Wildman–Crippen MR) is 159 cm³/mol. The minimum atomic E-state index is -4.08. The molecular weight excluding hydrogens is 578 g/mol. The summed E-state index contributed by atoms with van der Waals surface area (Å²) in [5.41, 5.74) is 2.95. The van der Waals surface area contributed by atoms with E-state index in [2.05, 4.69) is 21.2 Å². The van der Waals surface area contributed by atoms with Crippen LogP contribution >= 0.6 is 15.9 Å². The van der Waals surface area contributed by atoms with Crippen molar-refractivity contribution >= 4 is 43.5 Å². The Morgan fingerprint density at radius 1 is 0.974 bits per heavy atom. The summed E-state index contributed by atoms with van der Waals surface area (Å²) in [7, 11) is -4.08. The molecule has 0 radical (unpaired) electrons. The molecular formula is C30H36BrN3O4S. The second-order valence-electron chi connectivity index (χ2n) is 9.58. The van der Waals surface area contributed by atoms with Gasteiger partial charge in [-0.1, -0.05) is 77.3 Å². The summed E-state index contributed by atoms with van der Waals surface area (Å²) in [6.45, 7) is 7.67. The molecule has 0 aliphatic rings. The van der Waals surface area contributed by atoms with Crippen molar-refractivity contribution in [2.24, 2.45) is 0 Å². The standard InChI is InChI=1S/C30H36BrN3O4S/c1-5-6-18-32-30(36)24(4)33(20-25-13-15-26(31)16-14-25)29(35)21-34(28-17-12-22(2)19-23(28)3)39(37,38)27-10-8-7-9-11-27/h7-17,19,24H,5-6,18,20-21H2,1-4H3,(H,32,36)/t24-/m1/s1. The summed E-state index contributed by atoms with van der Waals surface area (Å²) < 4.78 is 29.8. The van der Waals surface area contributed by atoms with Crippen LogP contribution in [0.3, 0.4) is 0 Å². The quantitative estimate of drug-likeness (QED) is 0.270. The van der Waals surface area contributed by atoms with Gasteiger partial charge in [-0.3, -0.25) is 13.9 Å². The predicted octanol–water partition coefficient (Wildman–Crippen LogP) is 5.59. The first-order valence-corrected chi connectivity index (χ1v) is 15.2. The number of unbranched alkanes of at least 4 members (excludes halogenated alkanes) is 1. The van der Waals surface area contributed by atoms with Gasteiger partial charge in [0.05, 0.1) is 10.6 Å². The lowest BCUT2D eigenvalue weighted by atomic mass is 10.1. The summed E-state index contributed by atoms with van der Waals surface area (Å²) in [5, 5.41) is 2.90. The van der Waals surface area contributed by atoms with E-state index in [1.807, 2.05) is 57.2 Å². The maximum absolute atomic E-state index is 14.0. The average molecular weight is 615 g/mol. The Balaban J connectivity index is 2.01. The molecule has 1 atom stereocenters. The van der Waals surface area contributed by atoms with E-state index in [1.165, 1.54) is 17.0 Å². The number of benzene rings is 3. The van der Waals surface area contributed by atoms with E-state index in [4.69, 9.17) is 0 Å². The number of amides is 2. The molecule has 0 saturated carbocycles. The van der Waals surface area contributed by atoms with E-state index in [0.717, 1.165) is 38.3 Å². The molecule has 0 heterocycles. The highest BCUT2D eigenvalue weighted by atomic mass is 79.9. The molecule has 3 aromatic carbocycles. The third-order valence-corrected chi connectivity index (χ3v) is 8.80. The van der Waals surface area contributed by atoms with Gasteiger partial charge in [0.25, 0.3) is 10.0 Å². The van der Waals surface area contributed by atoms with Gasteiger partial charge >= 0.3 is 0 Å². The van der Waals surface area contributed by atoms with Gasteiger partial charge in [0, 0.05) is 17.6 Å². The van der Waals surface area contributed by atoms with Gasteiger partial charge in [-0.05, 0) is 68.7 Å². The van der Waals surface area contributed by atoms with Gasteiger partial charge < -0.3 is 10.2 Å². The number of anilines is 1. The van der Waals surface area contributed by atoms with Gasteiger partial charge in [0.1, 0.15) is 12.6 Å². The van der Waals surface area contributed by atoms with Crippen molar-refractivity contribution in [2.45, 2.75) is 58.0 Å². The zero-order chi connectivity index (χ0) is 28.6. The number of sulfonamides is 1. The first kappa shape index (κ1) is 30.4. The smallest absolute Gasteiger partial charge is 0.264 e. The monoisotopic (exact) mass is 613 g/mol. The number of aryl methyl sites for hydroxylation is 2. The molecule has 0 saturated heterocycles. The van der Waals surface area contributed by atoms with Crippen LogP contribution in [0.4, 0.5) is 5.69 Å². The van der Waals surface area contributed by atoms with Gasteiger partial charge in [-0.15, -0.1) is 0 Å². The summed E-state index contributed by atoms with van der Waals surface area (Å²) in [5.74, 6) is -0.756. The molecule has 39 heavy (non-hydrogen) atoms. The number of carbonyl (C=O) groups is 2. The minimum Gasteiger partial charge on any atom is -0.354 e. The summed E-state index contributed by atoms with van der Waals surface area (Å²) in [4.78, 5) is 28.5. The second kappa shape index (κ2) is 13.8. The maximum atomic E-state index is 14.0. The Hall–Kier alpha value is -3.17. The minimum absolute atomic E-state index is 0.0857.